The average Bonchev–Trinajstić information content (AvgIpc) is 3.24. The maximum atomic E-state index is 5.84. The molecule has 35 heavy (non-hydrogen) atoms. The Kier molecular flexibility index (Phi) is 5.47. The lowest BCUT2D eigenvalue weighted by atomic mass is 10.0. The predicted octanol–water partition coefficient (Wildman–Crippen LogP) is 7.11. The van der Waals surface area contributed by atoms with Crippen molar-refractivity contribution in [3.63, 3.8) is 0 Å². The van der Waals surface area contributed by atoms with E-state index >= 15 is 0 Å². The zero-order valence-electron chi connectivity index (χ0n) is 19.3. The third-order valence-electron chi connectivity index (χ3n) is 6.44. The highest BCUT2D eigenvalue weighted by Gasteiger charge is 2.28. The molecule has 5 aromatic rings. The van der Waals surface area contributed by atoms with Crippen LogP contribution in [0.3, 0.4) is 0 Å². The predicted molar refractivity (Wildman–Crippen MR) is 149 cm³/mol. The van der Waals surface area contributed by atoms with Gasteiger partial charge in [0.25, 0.3) is 0 Å². The molecule has 0 saturated carbocycles. The van der Waals surface area contributed by atoms with E-state index in [9.17, 15) is 0 Å². The van der Waals surface area contributed by atoms with Gasteiger partial charge in [0, 0.05) is 28.5 Å². The van der Waals surface area contributed by atoms with Crippen molar-refractivity contribution in [3.05, 3.63) is 109 Å². The van der Waals surface area contributed by atoms with Crippen LogP contribution in [0.4, 0.5) is 11.4 Å². The quantitative estimate of drug-likeness (QED) is 0.283. The number of benzene rings is 4. The van der Waals surface area contributed by atoms with E-state index in [-0.39, 0.29) is 0 Å². The number of nitrogens with one attached hydrogen (secondary N) is 1. The van der Waals surface area contributed by atoms with Gasteiger partial charge in [-0.2, -0.15) is 0 Å². The van der Waals surface area contributed by atoms with Crippen LogP contribution in [-0.2, 0) is 6.42 Å². The lowest BCUT2D eigenvalue weighted by Crippen LogP contribution is -2.38. The van der Waals surface area contributed by atoms with E-state index in [2.05, 4.69) is 65.7 Å². The molecule has 1 aliphatic heterocycles. The molecule has 0 aliphatic carbocycles. The van der Waals surface area contributed by atoms with E-state index < -0.39 is 0 Å². The Morgan fingerprint density at radius 2 is 1.37 bits per heavy atom. The second-order valence-corrected chi connectivity index (χ2v) is 9.23. The summed E-state index contributed by atoms with van der Waals surface area (Å²) in [5.74, 6) is 0. The molecule has 1 atom stereocenters. The Labute approximate surface area is 210 Å². The van der Waals surface area contributed by atoms with Gasteiger partial charge in [0.05, 0.1) is 22.4 Å². The summed E-state index contributed by atoms with van der Waals surface area (Å²) in [6, 6.07) is 35.3. The lowest BCUT2D eigenvalue weighted by Gasteiger charge is -2.26. The van der Waals surface area contributed by atoms with Gasteiger partial charge in [-0.1, -0.05) is 78.9 Å². The highest BCUT2D eigenvalue weighted by Crippen LogP contribution is 2.34. The standard InChI is InChI=1S/C30H24N4S/c1-20-18-23-14-8-9-15-27(23)34(20)30(35)31-24-16-17-25-26(19-24)33-29(22-12-6-3-7-13-22)28(32-25)21-10-4-2-5-11-21/h2-17,19-20H,18H2,1H3,(H,31,35)/t20-/m1/s1. The van der Waals surface area contributed by atoms with Crippen molar-refractivity contribution in [1.29, 1.82) is 0 Å². The number of rotatable bonds is 3. The Balaban J connectivity index is 1.39. The molecule has 0 spiro atoms. The van der Waals surface area contributed by atoms with Crippen LogP contribution >= 0.6 is 12.2 Å². The Bertz CT molecular complexity index is 1530. The fraction of sp³-hybridized carbons (Fsp3) is 0.100. The molecule has 4 nitrogen and oxygen atoms in total. The fourth-order valence-electron chi connectivity index (χ4n) is 4.79. The highest BCUT2D eigenvalue weighted by molar-refractivity contribution is 7.80. The number of thiocarbonyl (C=S) groups is 1. The van der Waals surface area contributed by atoms with Gasteiger partial charge < -0.3 is 10.2 Å². The van der Waals surface area contributed by atoms with Crippen molar-refractivity contribution in [3.8, 4) is 22.5 Å². The highest BCUT2D eigenvalue weighted by atomic mass is 32.1. The molecule has 2 heterocycles. The van der Waals surface area contributed by atoms with Gasteiger partial charge in [0.1, 0.15) is 0 Å². The number of hydrogen-bond acceptors (Lipinski definition) is 3. The molecule has 0 bridgehead atoms. The van der Waals surface area contributed by atoms with Crippen LogP contribution in [0.5, 0.6) is 0 Å². The first-order chi connectivity index (χ1) is 17.2. The van der Waals surface area contributed by atoms with Gasteiger partial charge in [-0.05, 0) is 55.4 Å². The number of anilines is 2. The first-order valence-electron chi connectivity index (χ1n) is 11.8. The molecular formula is C30H24N4S. The van der Waals surface area contributed by atoms with Crippen molar-refractivity contribution in [2.45, 2.75) is 19.4 Å². The number of fused-ring (bicyclic) bond motifs is 2. The summed E-state index contributed by atoms with van der Waals surface area (Å²) in [6.45, 7) is 2.21. The van der Waals surface area contributed by atoms with Gasteiger partial charge in [-0.3, -0.25) is 0 Å². The molecule has 4 aromatic carbocycles. The SMILES string of the molecule is C[C@@H]1Cc2ccccc2N1C(=S)Nc1ccc2nc(-c3ccccc3)c(-c3ccccc3)nc2c1. The average molecular weight is 473 g/mol. The van der Waals surface area contributed by atoms with Crippen molar-refractivity contribution in [2.24, 2.45) is 0 Å². The van der Waals surface area contributed by atoms with Crippen LogP contribution in [0.2, 0.25) is 0 Å². The monoisotopic (exact) mass is 472 g/mol. The third kappa shape index (κ3) is 4.04. The molecule has 1 aromatic heterocycles. The number of para-hydroxylation sites is 1. The van der Waals surface area contributed by atoms with Crippen molar-refractivity contribution in [2.75, 3.05) is 10.2 Å². The van der Waals surface area contributed by atoms with Crippen LogP contribution in [0.15, 0.2) is 103 Å². The second-order valence-electron chi connectivity index (χ2n) is 8.84. The molecule has 1 aliphatic rings. The topological polar surface area (TPSA) is 41.0 Å². The van der Waals surface area contributed by atoms with Crippen LogP contribution in [-0.4, -0.2) is 21.1 Å². The minimum atomic E-state index is 0.311. The van der Waals surface area contributed by atoms with E-state index in [1.165, 1.54) is 11.3 Å². The second kappa shape index (κ2) is 8.93. The van der Waals surface area contributed by atoms with Gasteiger partial charge in [-0.25, -0.2) is 9.97 Å². The molecular weight excluding hydrogens is 448 g/mol. The summed E-state index contributed by atoms with van der Waals surface area (Å²) < 4.78 is 0. The van der Waals surface area contributed by atoms with Crippen molar-refractivity contribution >= 4 is 39.7 Å². The number of hydrogen-bond donors (Lipinski definition) is 1. The number of nitrogens with zero attached hydrogens (tertiary/aromatic N) is 3. The van der Waals surface area contributed by atoms with E-state index in [1.807, 2.05) is 54.6 Å². The van der Waals surface area contributed by atoms with Crippen molar-refractivity contribution in [1.82, 2.24) is 9.97 Å². The molecule has 1 N–H and O–H groups in total. The molecule has 5 heteroatoms. The van der Waals surface area contributed by atoms with Crippen LogP contribution in [0, 0.1) is 0 Å². The van der Waals surface area contributed by atoms with E-state index in [0.29, 0.717) is 11.2 Å². The Morgan fingerprint density at radius 3 is 2.06 bits per heavy atom. The zero-order chi connectivity index (χ0) is 23.8. The normalized spacial score (nSPS) is 14.7. The van der Waals surface area contributed by atoms with Crippen LogP contribution in [0.1, 0.15) is 12.5 Å². The maximum absolute atomic E-state index is 5.84. The van der Waals surface area contributed by atoms with Crippen molar-refractivity contribution < 1.29 is 0 Å². The molecule has 6 rings (SSSR count). The van der Waals surface area contributed by atoms with E-state index in [4.69, 9.17) is 22.2 Å². The molecule has 0 unspecified atom stereocenters. The summed E-state index contributed by atoms with van der Waals surface area (Å²) in [4.78, 5) is 12.3. The summed E-state index contributed by atoms with van der Waals surface area (Å²) in [5.41, 5.74) is 8.91. The molecule has 0 amide bonds. The van der Waals surface area contributed by atoms with Crippen LogP contribution in [0.25, 0.3) is 33.5 Å². The maximum Gasteiger partial charge on any atom is 0.178 e. The fourth-order valence-corrected chi connectivity index (χ4v) is 5.18. The Hall–Kier alpha value is -4.09. The number of aromatic nitrogens is 2. The van der Waals surface area contributed by atoms with Gasteiger partial charge in [0.2, 0.25) is 0 Å². The van der Waals surface area contributed by atoms with Gasteiger partial charge >= 0.3 is 0 Å². The third-order valence-corrected chi connectivity index (χ3v) is 6.73. The minimum Gasteiger partial charge on any atom is -0.332 e. The van der Waals surface area contributed by atoms with Gasteiger partial charge in [-0.15, -0.1) is 0 Å². The van der Waals surface area contributed by atoms with Crippen LogP contribution < -0.4 is 10.2 Å². The summed E-state index contributed by atoms with van der Waals surface area (Å²) in [7, 11) is 0. The first-order valence-corrected chi connectivity index (χ1v) is 12.2. The smallest absolute Gasteiger partial charge is 0.178 e. The van der Waals surface area contributed by atoms with E-state index in [1.54, 1.807) is 0 Å². The zero-order valence-corrected chi connectivity index (χ0v) is 20.2. The summed E-state index contributed by atoms with van der Waals surface area (Å²) in [5, 5.41) is 4.14. The molecule has 0 radical (unpaired) electrons. The van der Waals surface area contributed by atoms with E-state index in [0.717, 1.165) is 45.7 Å². The molecule has 0 fully saturated rings. The van der Waals surface area contributed by atoms with Gasteiger partial charge in [0.15, 0.2) is 5.11 Å². The molecule has 170 valence electrons. The largest absolute Gasteiger partial charge is 0.332 e. The molecule has 0 saturated heterocycles. The lowest BCUT2D eigenvalue weighted by molar-refractivity contribution is 0.776. The summed E-state index contributed by atoms with van der Waals surface area (Å²) in [6.07, 6.45) is 0.990. The minimum absolute atomic E-state index is 0.311. The summed E-state index contributed by atoms with van der Waals surface area (Å²) >= 11 is 5.84. The Morgan fingerprint density at radius 1 is 0.771 bits per heavy atom. The first kappa shape index (κ1) is 21.4.